The van der Waals surface area contributed by atoms with Crippen LogP contribution in [0, 0.1) is 5.82 Å². The van der Waals surface area contributed by atoms with Gasteiger partial charge in [-0.3, -0.25) is 24.4 Å². The third kappa shape index (κ3) is 3.52. The van der Waals surface area contributed by atoms with E-state index in [-0.39, 0.29) is 17.1 Å². The maximum absolute atomic E-state index is 13.2. The first kappa shape index (κ1) is 21.8. The number of rotatable bonds is 5. The van der Waals surface area contributed by atoms with Crippen LogP contribution in [0.15, 0.2) is 47.7 Å². The first-order chi connectivity index (χ1) is 16.4. The van der Waals surface area contributed by atoms with Gasteiger partial charge in [-0.1, -0.05) is 23.5 Å². The highest BCUT2D eigenvalue weighted by atomic mass is 32.1. The Bertz CT molecular complexity index is 1420. The number of nitrogens with zero attached hydrogens (tertiary/aromatic N) is 6. The van der Waals surface area contributed by atoms with E-state index in [1.165, 1.54) is 34.3 Å². The van der Waals surface area contributed by atoms with Gasteiger partial charge in [0, 0.05) is 38.0 Å². The second-order valence-electron chi connectivity index (χ2n) is 7.79. The summed E-state index contributed by atoms with van der Waals surface area (Å²) >= 11 is 1.19. The van der Waals surface area contributed by atoms with Crippen molar-refractivity contribution < 1.29 is 14.3 Å². The summed E-state index contributed by atoms with van der Waals surface area (Å²) < 4.78 is 14.6. The van der Waals surface area contributed by atoms with Crippen molar-refractivity contribution in [3.8, 4) is 16.3 Å². The van der Waals surface area contributed by atoms with E-state index in [1.807, 2.05) is 6.92 Å². The molecule has 0 fully saturated rings. The number of H-pyrrole nitrogens is 1. The smallest absolute Gasteiger partial charge is 0.278 e. The normalized spacial score (nSPS) is 15.6. The van der Waals surface area contributed by atoms with Gasteiger partial charge in [0.15, 0.2) is 16.5 Å². The van der Waals surface area contributed by atoms with Gasteiger partial charge < -0.3 is 10.0 Å². The molecule has 0 saturated heterocycles. The highest BCUT2D eigenvalue weighted by molar-refractivity contribution is 7.14. The molecule has 1 aliphatic rings. The molecule has 174 valence electrons. The molecule has 1 amide bonds. The van der Waals surface area contributed by atoms with Crippen molar-refractivity contribution in [1.29, 1.82) is 0 Å². The lowest BCUT2D eigenvalue weighted by Crippen LogP contribution is -2.54. The zero-order valence-corrected chi connectivity index (χ0v) is 19.1. The Kier molecular flexibility index (Phi) is 5.36. The SMILES string of the molecule is CCN1C(=O)c2c(O)c(=O)c(-c3nnc(Cc4ccc(F)cc4)s3)cn2N(C)C1c1cn[nH]c1. The van der Waals surface area contributed by atoms with Crippen LogP contribution in [0.25, 0.3) is 10.6 Å². The number of halogens is 1. The summed E-state index contributed by atoms with van der Waals surface area (Å²) in [5.41, 5.74) is 0.909. The predicted molar refractivity (Wildman–Crippen MR) is 123 cm³/mol. The molecule has 2 N–H and O–H groups in total. The molecular formula is C22H20FN7O3S. The number of aromatic hydroxyl groups is 1. The Balaban J connectivity index is 1.56. The van der Waals surface area contributed by atoms with Crippen LogP contribution in [0.4, 0.5) is 4.39 Å². The van der Waals surface area contributed by atoms with E-state index in [1.54, 1.807) is 41.5 Å². The Morgan fingerprint density at radius 1 is 1.21 bits per heavy atom. The summed E-state index contributed by atoms with van der Waals surface area (Å²) in [5.74, 6) is -1.44. The predicted octanol–water partition coefficient (Wildman–Crippen LogP) is 2.27. The van der Waals surface area contributed by atoms with Crippen LogP contribution in [-0.4, -0.2) is 54.6 Å². The Morgan fingerprint density at radius 3 is 2.65 bits per heavy atom. The largest absolute Gasteiger partial charge is 0.502 e. The van der Waals surface area contributed by atoms with Gasteiger partial charge in [0.05, 0.1) is 11.8 Å². The number of carbonyl (C=O) groups is 1. The fraction of sp³-hybridized carbons (Fsp3) is 0.227. The lowest BCUT2D eigenvalue weighted by atomic mass is 10.1. The first-order valence-electron chi connectivity index (χ1n) is 10.5. The van der Waals surface area contributed by atoms with E-state index in [0.717, 1.165) is 11.1 Å². The highest BCUT2D eigenvalue weighted by Gasteiger charge is 2.39. The number of hydrogen-bond donors (Lipinski definition) is 2. The van der Waals surface area contributed by atoms with Crippen molar-refractivity contribution in [2.45, 2.75) is 19.5 Å². The van der Waals surface area contributed by atoms with E-state index in [2.05, 4.69) is 20.4 Å². The monoisotopic (exact) mass is 481 g/mol. The van der Waals surface area contributed by atoms with Crippen molar-refractivity contribution in [3.63, 3.8) is 0 Å². The number of fused-ring (bicyclic) bond motifs is 1. The van der Waals surface area contributed by atoms with Gasteiger partial charge in [-0.05, 0) is 24.6 Å². The van der Waals surface area contributed by atoms with E-state index in [0.29, 0.717) is 23.0 Å². The topological polar surface area (TPSA) is 120 Å². The third-order valence-corrected chi connectivity index (χ3v) is 6.70. The molecule has 0 radical (unpaired) electrons. The van der Waals surface area contributed by atoms with E-state index in [9.17, 15) is 19.1 Å². The van der Waals surface area contributed by atoms with Gasteiger partial charge >= 0.3 is 0 Å². The summed E-state index contributed by atoms with van der Waals surface area (Å²) in [6.07, 6.45) is 4.73. The lowest BCUT2D eigenvalue weighted by Gasteiger charge is -2.44. The van der Waals surface area contributed by atoms with Gasteiger partial charge in [-0.2, -0.15) is 5.10 Å². The summed E-state index contributed by atoms with van der Waals surface area (Å²) in [4.78, 5) is 27.8. The van der Waals surface area contributed by atoms with Crippen LogP contribution in [-0.2, 0) is 6.42 Å². The molecule has 12 heteroatoms. The van der Waals surface area contributed by atoms with Crippen LogP contribution in [0.1, 0.15) is 39.7 Å². The number of pyridine rings is 1. The quantitative estimate of drug-likeness (QED) is 0.449. The fourth-order valence-electron chi connectivity index (χ4n) is 4.08. The number of benzene rings is 1. The number of aromatic nitrogens is 5. The number of hydrogen-bond acceptors (Lipinski definition) is 8. The first-order valence-corrected chi connectivity index (χ1v) is 11.3. The lowest BCUT2D eigenvalue weighted by molar-refractivity contribution is 0.0590. The molecule has 5 rings (SSSR count). The molecule has 10 nitrogen and oxygen atoms in total. The minimum atomic E-state index is -0.699. The summed E-state index contributed by atoms with van der Waals surface area (Å²) in [6, 6.07) is 6.06. The van der Waals surface area contributed by atoms with Crippen molar-refractivity contribution in [2.24, 2.45) is 0 Å². The summed E-state index contributed by atoms with van der Waals surface area (Å²) in [5, 5.41) is 28.5. The minimum absolute atomic E-state index is 0.117. The highest BCUT2D eigenvalue weighted by Crippen LogP contribution is 2.33. The van der Waals surface area contributed by atoms with Crippen molar-refractivity contribution in [2.75, 3.05) is 18.6 Å². The number of nitrogens with one attached hydrogen (secondary N) is 1. The number of carbonyl (C=O) groups excluding carboxylic acids is 1. The molecule has 0 bridgehead atoms. The van der Waals surface area contributed by atoms with Crippen molar-refractivity contribution >= 4 is 17.2 Å². The van der Waals surface area contributed by atoms with Crippen LogP contribution in [0.5, 0.6) is 5.75 Å². The number of aromatic amines is 1. The molecule has 1 unspecified atom stereocenters. The summed E-state index contributed by atoms with van der Waals surface area (Å²) in [7, 11) is 1.75. The zero-order chi connectivity index (χ0) is 24.0. The molecule has 0 spiro atoms. The molecular weight excluding hydrogens is 461 g/mol. The van der Waals surface area contributed by atoms with Crippen LogP contribution >= 0.6 is 11.3 Å². The average molecular weight is 482 g/mol. The van der Waals surface area contributed by atoms with Gasteiger partial charge in [0.2, 0.25) is 5.43 Å². The molecule has 1 atom stereocenters. The van der Waals surface area contributed by atoms with Crippen LogP contribution in [0.3, 0.4) is 0 Å². The summed E-state index contributed by atoms with van der Waals surface area (Å²) in [6.45, 7) is 2.18. The second-order valence-corrected chi connectivity index (χ2v) is 8.85. The van der Waals surface area contributed by atoms with Gasteiger partial charge in [0.1, 0.15) is 17.0 Å². The van der Waals surface area contributed by atoms with Crippen LogP contribution in [0.2, 0.25) is 0 Å². The maximum atomic E-state index is 13.2. The Morgan fingerprint density at radius 2 is 1.97 bits per heavy atom. The molecule has 0 saturated carbocycles. The fourth-order valence-corrected chi connectivity index (χ4v) is 4.96. The molecule has 1 aromatic carbocycles. The molecule has 0 aliphatic carbocycles. The van der Waals surface area contributed by atoms with E-state index < -0.39 is 23.3 Å². The van der Waals surface area contributed by atoms with Gasteiger partial charge in [0.25, 0.3) is 5.91 Å². The molecule has 34 heavy (non-hydrogen) atoms. The number of amides is 1. The van der Waals surface area contributed by atoms with E-state index in [4.69, 9.17) is 0 Å². The average Bonchev–Trinajstić information content (AvgIpc) is 3.52. The zero-order valence-electron chi connectivity index (χ0n) is 18.3. The Labute approximate surface area is 196 Å². The van der Waals surface area contributed by atoms with E-state index >= 15 is 0 Å². The third-order valence-electron chi connectivity index (χ3n) is 5.74. The minimum Gasteiger partial charge on any atom is -0.502 e. The standard InChI is InChI=1S/C22H20FN7O3S/c1-3-29-21(13-9-24-25-10-13)28(2)30-11-15(18(31)19(32)17(30)22(29)33)20-27-26-16(34-20)8-12-4-6-14(23)7-5-12/h4-7,9-11,21,32H,3,8H2,1-2H3,(H,24,25). The van der Waals surface area contributed by atoms with Crippen molar-refractivity contribution in [3.05, 3.63) is 80.7 Å². The molecule has 4 aromatic rings. The molecule has 3 aromatic heterocycles. The van der Waals surface area contributed by atoms with Crippen molar-refractivity contribution in [1.82, 2.24) is 30.0 Å². The molecule has 4 heterocycles. The molecule has 1 aliphatic heterocycles. The maximum Gasteiger partial charge on any atom is 0.278 e. The second kappa shape index (κ2) is 8.37. The van der Waals surface area contributed by atoms with Crippen LogP contribution < -0.4 is 10.4 Å². The van der Waals surface area contributed by atoms with Gasteiger partial charge in [-0.15, -0.1) is 10.2 Å². The Hall–Kier alpha value is -4.06. The van der Waals surface area contributed by atoms with Gasteiger partial charge in [-0.25, -0.2) is 4.39 Å².